The van der Waals surface area contributed by atoms with Gasteiger partial charge in [0.25, 0.3) is 0 Å². The Hall–Kier alpha value is -1.99. The van der Waals surface area contributed by atoms with Crippen LogP contribution in [0.4, 0.5) is 19.1 Å². The number of fused-ring (bicyclic) bond motifs is 1. The molecular weight excluding hydrogens is 449 g/mol. The molecule has 2 fully saturated rings. The summed E-state index contributed by atoms with van der Waals surface area (Å²) >= 11 is 0. The Morgan fingerprint density at radius 2 is 1.78 bits per heavy atom. The van der Waals surface area contributed by atoms with E-state index in [-0.39, 0.29) is 12.1 Å². The number of aromatic amines is 1. The van der Waals surface area contributed by atoms with E-state index in [1.165, 1.54) is 0 Å². The maximum absolute atomic E-state index is 12.3. The number of ether oxygens (including phenoxy) is 1. The number of H-pyrrole nitrogens is 1. The molecule has 0 aromatic carbocycles. The molecule has 2 aromatic rings. The monoisotopic (exact) mass is 476 g/mol. The van der Waals surface area contributed by atoms with E-state index in [9.17, 15) is 21.6 Å². The third kappa shape index (κ3) is 6.07. The molecule has 0 radical (unpaired) electrons. The van der Waals surface area contributed by atoms with Crippen LogP contribution >= 0.6 is 0 Å². The Kier molecular flexibility index (Phi) is 6.86. The van der Waals surface area contributed by atoms with Gasteiger partial charge >= 0.3 is 6.18 Å². The van der Waals surface area contributed by atoms with Crippen LogP contribution in [0.15, 0.2) is 6.20 Å². The summed E-state index contributed by atoms with van der Waals surface area (Å²) in [5, 5.41) is 11.6. The van der Waals surface area contributed by atoms with Crippen LogP contribution in [0.1, 0.15) is 56.6 Å². The predicted molar refractivity (Wildman–Crippen MR) is 112 cm³/mol. The summed E-state index contributed by atoms with van der Waals surface area (Å²) in [5.74, 6) is -0.134. The third-order valence-corrected chi connectivity index (χ3v) is 7.47. The van der Waals surface area contributed by atoms with Crippen molar-refractivity contribution in [3.63, 3.8) is 0 Å². The van der Waals surface area contributed by atoms with Crippen molar-refractivity contribution in [2.24, 2.45) is 0 Å². The summed E-state index contributed by atoms with van der Waals surface area (Å²) < 4.78 is 68.5. The molecule has 1 aliphatic carbocycles. The number of nitrogens with one attached hydrogen (secondary N) is 3. The van der Waals surface area contributed by atoms with Crippen LogP contribution in [0.2, 0.25) is 0 Å². The van der Waals surface area contributed by atoms with Crippen LogP contribution in [0.3, 0.4) is 0 Å². The molecule has 1 aliphatic heterocycles. The lowest BCUT2D eigenvalue weighted by Gasteiger charge is -2.29. The van der Waals surface area contributed by atoms with Gasteiger partial charge in [-0.05, 0) is 38.5 Å². The number of nitrogens with zero attached hydrogens (tertiary/aromatic N) is 3. The van der Waals surface area contributed by atoms with Crippen LogP contribution in [0, 0.1) is 0 Å². The summed E-state index contributed by atoms with van der Waals surface area (Å²) in [6.45, 7) is 1.46. The van der Waals surface area contributed by atoms with E-state index in [4.69, 9.17) is 4.74 Å². The molecule has 2 aromatic heterocycles. The second-order valence-corrected chi connectivity index (χ2v) is 10.3. The minimum Gasteiger partial charge on any atom is -0.381 e. The van der Waals surface area contributed by atoms with Gasteiger partial charge in [0.1, 0.15) is 0 Å². The second-order valence-electron chi connectivity index (χ2n) is 8.45. The quantitative estimate of drug-likeness (QED) is 0.562. The van der Waals surface area contributed by atoms with Gasteiger partial charge in [-0.2, -0.15) is 23.3 Å². The summed E-state index contributed by atoms with van der Waals surface area (Å²) in [7, 11) is -3.96. The van der Waals surface area contributed by atoms with Gasteiger partial charge in [-0.3, -0.25) is 5.10 Å². The normalized spacial score (nSPS) is 23.5. The molecule has 32 heavy (non-hydrogen) atoms. The van der Waals surface area contributed by atoms with Gasteiger partial charge in [0.15, 0.2) is 5.65 Å². The Balaban J connectivity index is 1.29. The average molecular weight is 477 g/mol. The molecule has 0 atom stereocenters. The number of hydrogen-bond donors (Lipinski definition) is 3. The van der Waals surface area contributed by atoms with Crippen LogP contribution in [-0.4, -0.2) is 65.8 Å². The van der Waals surface area contributed by atoms with Gasteiger partial charge in [-0.1, -0.05) is 0 Å². The van der Waals surface area contributed by atoms with Crippen LogP contribution in [0.5, 0.6) is 0 Å². The Morgan fingerprint density at radius 1 is 1.09 bits per heavy atom. The van der Waals surface area contributed by atoms with Gasteiger partial charge in [0.2, 0.25) is 16.0 Å². The molecule has 2 aliphatic rings. The highest BCUT2D eigenvalue weighted by molar-refractivity contribution is 7.89. The third-order valence-electron chi connectivity index (χ3n) is 6.03. The molecule has 0 unspecified atom stereocenters. The summed E-state index contributed by atoms with van der Waals surface area (Å²) in [5.41, 5.74) is 1.63. The lowest BCUT2D eigenvalue weighted by atomic mass is 9.92. The lowest BCUT2D eigenvalue weighted by molar-refractivity contribution is -0.130. The summed E-state index contributed by atoms with van der Waals surface area (Å²) in [4.78, 5) is 8.92. The molecule has 3 N–H and O–H groups in total. The maximum atomic E-state index is 12.3. The van der Waals surface area contributed by atoms with Crippen LogP contribution in [0.25, 0.3) is 11.0 Å². The van der Waals surface area contributed by atoms with E-state index in [1.54, 1.807) is 6.20 Å². The molecule has 9 nitrogen and oxygen atoms in total. The topological polar surface area (TPSA) is 122 Å². The van der Waals surface area contributed by atoms with E-state index < -0.39 is 28.4 Å². The average Bonchev–Trinajstić information content (AvgIpc) is 3.17. The molecule has 0 spiro atoms. The first kappa shape index (κ1) is 23.2. The Bertz CT molecular complexity index is 1010. The first-order valence-corrected chi connectivity index (χ1v) is 12.5. The zero-order valence-electron chi connectivity index (χ0n) is 17.5. The SMILES string of the molecule is O=S(=O)(CCC(F)(F)F)NC1CCC(Nc2ncc3c(C4CCOCC4)[nH]nc3n2)CC1. The zero-order valence-corrected chi connectivity index (χ0v) is 18.3. The van der Waals surface area contributed by atoms with Crippen LogP contribution in [-0.2, 0) is 14.8 Å². The highest BCUT2D eigenvalue weighted by Crippen LogP contribution is 2.30. The second kappa shape index (κ2) is 9.48. The predicted octanol–water partition coefficient (Wildman–Crippen LogP) is 2.84. The van der Waals surface area contributed by atoms with E-state index in [0.29, 0.717) is 43.2 Å². The first-order chi connectivity index (χ1) is 15.2. The minimum atomic E-state index is -4.49. The molecule has 0 amide bonds. The number of alkyl halides is 3. The van der Waals surface area contributed by atoms with Crippen molar-refractivity contribution in [3.05, 3.63) is 11.9 Å². The van der Waals surface area contributed by atoms with Crippen molar-refractivity contribution in [1.82, 2.24) is 24.9 Å². The molecule has 178 valence electrons. The van der Waals surface area contributed by atoms with Gasteiger partial charge in [-0.15, -0.1) is 0 Å². The standard InChI is InChI=1S/C19H27F3N6O3S/c20-19(21,22)7-10-32(29,30)28-14-3-1-13(2-4-14)24-18-23-11-15-16(26-27-17(15)25-18)12-5-8-31-9-6-12/h11-14,28H,1-10H2,(H2,23,24,25,26,27). The number of hydrogen-bond acceptors (Lipinski definition) is 7. The fraction of sp³-hybridized carbons (Fsp3) is 0.737. The minimum absolute atomic E-state index is 0.0530. The summed E-state index contributed by atoms with van der Waals surface area (Å²) in [6.07, 6.45) is 0.159. The van der Waals surface area contributed by atoms with Gasteiger partial charge in [-0.25, -0.2) is 18.1 Å². The molecule has 1 saturated heterocycles. The number of anilines is 1. The highest BCUT2D eigenvalue weighted by atomic mass is 32.2. The number of aromatic nitrogens is 4. The fourth-order valence-corrected chi connectivity index (χ4v) is 5.65. The van der Waals surface area contributed by atoms with Crippen molar-refractivity contribution in [2.45, 2.75) is 69.1 Å². The van der Waals surface area contributed by atoms with E-state index in [1.807, 2.05) is 0 Å². The first-order valence-electron chi connectivity index (χ1n) is 10.8. The van der Waals surface area contributed by atoms with E-state index >= 15 is 0 Å². The Morgan fingerprint density at radius 3 is 2.47 bits per heavy atom. The molecule has 1 saturated carbocycles. The smallest absolute Gasteiger partial charge is 0.381 e. The number of rotatable bonds is 7. The number of sulfonamides is 1. The largest absolute Gasteiger partial charge is 0.390 e. The Labute approximate surface area is 184 Å². The zero-order chi connectivity index (χ0) is 22.8. The van der Waals surface area contributed by atoms with Crippen molar-refractivity contribution >= 4 is 27.0 Å². The molecule has 4 rings (SSSR count). The van der Waals surface area contributed by atoms with Crippen molar-refractivity contribution in [1.29, 1.82) is 0 Å². The van der Waals surface area contributed by atoms with Crippen molar-refractivity contribution in [3.8, 4) is 0 Å². The number of halogens is 3. The van der Waals surface area contributed by atoms with Gasteiger partial charge in [0.05, 0.1) is 17.6 Å². The van der Waals surface area contributed by atoms with Gasteiger partial charge in [0, 0.05) is 43.1 Å². The molecule has 3 heterocycles. The van der Waals surface area contributed by atoms with Crippen molar-refractivity contribution < 1.29 is 26.3 Å². The molecule has 0 bridgehead atoms. The highest BCUT2D eigenvalue weighted by Gasteiger charge is 2.31. The van der Waals surface area contributed by atoms with E-state index in [2.05, 4.69) is 30.2 Å². The molecule has 13 heteroatoms. The fourth-order valence-electron chi connectivity index (χ4n) is 4.29. The lowest BCUT2D eigenvalue weighted by Crippen LogP contribution is -2.41. The molecular formula is C19H27F3N6O3S. The van der Waals surface area contributed by atoms with Crippen molar-refractivity contribution in [2.75, 3.05) is 24.3 Å². The van der Waals surface area contributed by atoms with Crippen LogP contribution < -0.4 is 10.0 Å². The van der Waals surface area contributed by atoms with Gasteiger partial charge < -0.3 is 10.1 Å². The summed E-state index contributed by atoms with van der Waals surface area (Å²) in [6, 6.07) is -0.305. The maximum Gasteiger partial charge on any atom is 0.390 e. The van der Waals surface area contributed by atoms with E-state index in [0.717, 1.165) is 37.1 Å².